The highest BCUT2D eigenvalue weighted by Crippen LogP contribution is 2.52. The highest BCUT2D eigenvalue weighted by molar-refractivity contribution is 5.97. The van der Waals surface area contributed by atoms with Crippen LogP contribution in [0.1, 0.15) is 11.1 Å². The van der Waals surface area contributed by atoms with Gasteiger partial charge in [0.2, 0.25) is 34.2 Å². The molecule has 0 bridgehead atoms. The zero-order valence-corrected chi connectivity index (χ0v) is 25.9. The van der Waals surface area contributed by atoms with Gasteiger partial charge in [0, 0.05) is 5.56 Å². The fraction of sp³-hybridized carbons (Fsp3) is 0.229. The second-order valence-corrected chi connectivity index (χ2v) is 9.68. The molecule has 45 heavy (non-hydrogen) atoms. The SMILES string of the molecule is COc1cc(-c2oc3c(OC)c(OC)c(OC)c(OCc4ccccc4)c3c(=O)c2OC)cc(OCc2ccccc2)c1OC. The number of methoxy groups -OCH3 is 6. The van der Waals surface area contributed by atoms with Crippen LogP contribution in [0.2, 0.25) is 0 Å². The van der Waals surface area contributed by atoms with E-state index in [0.717, 1.165) is 11.1 Å². The van der Waals surface area contributed by atoms with E-state index in [2.05, 4.69) is 0 Å². The van der Waals surface area contributed by atoms with Crippen LogP contribution in [0.15, 0.2) is 82.0 Å². The van der Waals surface area contributed by atoms with Crippen molar-refractivity contribution in [2.24, 2.45) is 0 Å². The van der Waals surface area contributed by atoms with E-state index in [1.807, 2.05) is 60.7 Å². The van der Waals surface area contributed by atoms with Gasteiger partial charge >= 0.3 is 0 Å². The van der Waals surface area contributed by atoms with Crippen molar-refractivity contribution < 1.29 is 42.3 Å². The first-order chi connectivity index (χ1) is 22.0. The van der Waals surface area contributed by atoms with Crippen LogP contribution in [0.5, 0.6) is 46.0 Å². The van der Waals surface area contributed by atoms with Crippen LogP contribution in [0.4, 0.5) is 0 Å². The molecule has 0 fully saturated rings. The van der Waals surface area contributed by atoms with Crippen LogP contribution in [-0.2, 0) is 13.2 Å². The molecule has 1 aromatic heterocycles. The normalized spacial score (nSPS) is 10.7. The van der Waals surface area contributed by atoms with Crippen molar-refractivity contribution in [3.05, 3.63) is 94.1 Å². The van der Waals surface area contributed by atoms with E-state index in [0.29, 0.717) is 22.8 Å². The minimum atomic E-state index is -0.516. The summed E-state index contributed by atoms with van der Waals surface area (Å²) in [5.41, 5.74) is 1.81. The first-order valence-electron chi connectivity index (χ1n) is 14.0. The third kappa shape index (κ3) is 5.99. The molecular weight excluding hydrogens is 580 g/mol. The fourth-order valence-electron chi connectivity index (χ4n) is 5.01. The van der Waals surface area contributed by atoms with Crippen LogP contribution >= 0.6 is 0 Å². The Balaban J connectivity index is 1.74. The molecule has 4 aromatic carbocycles. The zero-order chi connectivity index (χ0) is 31.9. The van der Waals surface area contributed by atoms with Crippen molar-refractivity contribution in [1.82, 2.24) is 0 Å². The third-order valence-corrected chi connectivity index (χ3v) is 7.11. The summed E-state index contributed by atoms with van der Waals surface area (Å²) in [5, 5.41) is 0.0575. The van der Waals surface area contributed by atoms with Gasteiger partial charge in [-0.15, -0.1) is 0 Å². The summed E-state index contributed by atoms with van der Waals surface area (Å²) in [5.74, 6) is 1.73. The van der Waals surface area contributed by atoms with E-state index in [9.17, 15) is 4.79 Å². The lowest BCUT2D eigenvalue weighted by atomic mass is 10.1. The molecule has 0 radical (unpaired) electrons. The average Bonchev–Trinajstić information content (AvgIpc) is 3.09. The van der Waals surface area contributed by atoms with Gasteiger partial charge in [-0.05, 0) is 23.3 Å². The lowest BCUT2D eigenvalue weighted by Crippen LogP contribution is -2.12. The molecule has 1 heterocycles. The molecule has 5 aromatic rings. The molecule has 234 valence electrons. The number of fused-ring (bicyclic) bond motifs is 1. The Kier molecular flexibility index (Phi) is 9.52. The zero-order valence-electron chi connectivity index (χ0n) is 25.9. The fourth-order valence-corrected chi connectivity index (χ4v) is 5.01. The average molecular weight is 615 g/mol. The molecule has 0 spiro atoms. The molecule has 0 saturated carbocycles. The second kappa shape index (κ2) is 13.9. The molecule has 0 amide bonds. The summed E-state index contributed by atoms with van der Waals surface area (Å²) in [6.45, 7) is 0.401. The minimum Gasteiger partial charge on any atom is -0.493 e. The summed E-state index contributed by atoms with van der Waals surface area (Å²) >= 11 is 0. The number of benzene rings is 4. The Hall–Kier alpha value is -5.51. The van der Waals surface area contributed by atoms with Gasteiger partial charge < -0.3 is 42.3 Å². The van der Waals surface area contributed by atoms with Gasteiger partial charge in [0.05, 0.1) is 42.7 Å². The Bertz CT molecular complexity index is 1830. The highest BCUT2D eigenvalue weighted by Gasteiger charge is 2.31. The van der Waals surface area contributed by atoms with Crippen molar-refractivity contribution in [2.45, 2.75) is 13.2 Å². The van der Waals surface area contributed by atoms with Gasteiger partial charge in [-0.2, -0.15) is 0 Å². The number of hydrogen-bond donors (Lipinski definition) is 0. The van der Waals surface area contributed by atoms with Crippen LogP contribution in [0.3, 0.4) is 0 Å². The second-order valence-electron chi connectivity index (χ2n) is 9.68. The Morgan fingerprint density at radius 2 is 1.04 bits per heavy atom. The summed E-state index contributed by atoms with van der Waals surface area (Å²) < 4.78 is 52.9. The van der Waals surface area contributed by atoms with E-state index in [-0.39, 0.29) is 58.7 Å². The molecular formula is C35H34O10. The van der Waals surface area contributed by atoms with Crippen molar-refractivity contribution in [3.63, 3.8) is 0 Å². The maximum atomic E-state index is 14.3. The number of ether oxygens (including phenoxy) is 8. The van der Waals surface area contributed by atoms with Crippen molar-refractivity contribution >= 4 is 11.0 Å². The van der Waals surface area contributed by atoms with Crippen LogP contribution in [-0.4, -0.2) is 42.7 Å². The maximum absolute atomic E-state index is 14.3. The van der Waals surface area contributed by atoms with Gasteiger partial charge in [-0.25, -0.2) is 0 Å². The highest BCUT2D eigenvalue weighted by atomic mass is 16.6. The number of hydrogen-bond acceptors (Lipinski definition) is 10. The molecule has 10 nitrogen and oxygen atoms in total. The predicted molar refractivity (Wildman–Crippen MR) is 169 cm³/mol. The van der Waals surface area contributed by atoms with Crippen LogP contribution < -0.4 is 43.3 Å². The first kappa shape index (κ1) is 30.9. The van der Waals surface area contributed by atoms with E-state index in [4.69, 9.17) is 42.3 Å². The molecule has 0 saturated heterocycles. The van der Waals surface area contributed by atoms with Gasteiger partial charge in [0.15, 0.2) is 28.6 Å². The van der Waals surface area contributed by atoms with Gasteiger partial charge in [0.25, 0.3) is 0 Å². The van der Waals surface area contributed by atoms with E-state index < -0.39 is 5.43 Å². The monoisotopic (exact) mass is 614 g/mol. The van der Waals surface area contributed by atoms with Crippen molar-refractivity contribution in [2.75, 3.05) is 42.7 Å². The molecule has 0 N–H and O–H groups in total. The van der Waals surface area contributed by atoms with Gasteiger partial charge in [-0.3, -0.25) is 4.79 Å². The summed E-state index contributed by atoms with van der Waals surface area (Å²) in [6.07, 6.45) is 0. The largest absolute Gasteiger partial charge is 0.493 e. The summed E-state index contributed by atoms with van der Waals surface area (Å²) in [4.78, 5) is 14.3. The van der Waals surface area contributed by atoms with Gasteiger partial charge in [0.1, 0.15) is 18.6 Å². The quantitative estimate of drug-likeness (QED) is 0.143. The number of rotatable bonds is 13. The van der Waals surface area contributed by atoms with E-state index in [1.165, 1.54) is 42.7 Å². The molecule has 5 rings (SSSR count). The molecule has 0 aliphatic rings. The minimum absolute atomic E-state index is 0.0575. The molecule has 0 atom stereocenters. The first-order valence-corrected chi connectivity index (χ1v) is 14.0. The Morgan fingerprint density at radius 3 is 1.58 bits per heavy atom. The topological polar surface area (TPSA) is 104 Å². The Labute approximate surface area is 260 Å². The molecule has 0 aliphatic carbocycles. The van der Waals surface area contributed by atoms with Crippen molar-refractivity contribution in [1.29, 1.82) is 0 Å². The third-order valence-electron chi connectivity index (χ3n) is 7.11. The standard InChI is InChI=1S/C35H34O10/c1-37-24-17-23(18-25(29(24)38-2)43-19-21-13-9-7-10-14-21)28-32(39-3)27(36)26-30(44-20-22-15-11-8-12-16-22)33(40-4)35(42-6)34(41-5)31(26)45-28/h7-18H,19-20H2,1-6H3. The molecule has 0 unspecified atom stereocenters. The molecule has 10 heteroatoms. The van der Waals surface area contributed by atoms with Gasteiger partial charge in [-0.1, -0.05) is 60.7 Å². The Morgan fingerprint density at radius 1 is 0.533 bits per heavy atom. The smallest absolute Gasteiger partial charge is 0.239 e. The maximum Gasteiger partial charge on any atom is 0.239 e. The van der Waals surface area contributed by atoms with Crippen LogP contribution in [0.25, 0.3) is 22.3 Å². The lowest BCUT2D eigenvalue weighted by molar-refractivity contribution is 0.272. The summed E-state index contributed by atoms with van der Waals surface area (Å²) in [7, 11) is 8.76. The van der Waals surface area contributed by atoms with Crippen molar-refractivity contribution in [3.8, 4) is 57.3 Å². The predicted octanol–water partition coefficient (Wildman–Crippen LogP) is 6.67. The summed E-state index contributed by atoms with van der Waals surface area (Å²) in [6, 6.07) is 22.6. The van der Waals surface area contributed by atoms with Crippen LogP contribution in [0, 0.1) is 0 Å². The molecule has 0 aliphatic heterocycles. The lowest BCUT2D eigenvalue weighted by Gasteiger charge is -2.20. The van der Waals surface area contributed by atoms with E-state index in [1.54, 1.807) is 12.1 Å². The van der Waals surface area contributed by atoms with E-state index >= 15 is 0 Å².